The Hall–Kier alpha value is -2.65. The third-order valence-corrected chi connectivity index (χ3v) is 4.91. The van der Waals surface area contributed by atoms with Crippen LogP contribution in [0.25, 0.3) is 0 Å². The molecule has 0 amide bonds. The molecule has 0 fully saturated rings. The first-order chi connectivity index (χ1) is 13.1. The molecule has 0 atom stereocenters. The predicted molar refractivity (Wildman–Crippen MR) is 119 cm³/mol. The number of hydrogen-bond acceptors (Lipinski definition) is 1. The molecule has 3 aromatic carbocycles. The van der Waals surface area contributed by atoms with Gasteiger partial charge in [0.05, 0.1) is 0 Å². The summed E-state index contributed by atoms with van der Waals surface area (Å²) in [5.74, 6) is 0.542. The lowest BCUT2D eigenvalue weighted by atomic mass is 10.0. The minimum atomic E-state index is 0.542. The zero-order valence-corrected chi connectivity index (χ0v) is 16.7. The van der Waals surface area contributed by atoms with E-state index in [1.807, 2.05) is 36.4 Å². The molecule has 3 rings (SSSR count). The fourth-order valence-corrected chi connectivity index (χ4v) is 3.20. The fraction of sp³-hybridized carbons (Fsp3) is 0.208. The molecule has 0 heterocycles. The van der Waals surface area contributed by atoms with Gasteiger partial charge in [0.25, 0.3) is 0 Å². The lowest BCUT2D eigenvalue weighted by Crippen LogP contribution is -2.33. The minimum Gasteiger partial charge on any atom is -0.340 e. The second-order valence-corrected chi connectivity index (χ2v) is 7.42. The number of thiocarbonyl (C=S) groups is 1. The van der Waals surface area contributed by atoms with Gasteiger partial charge in [-0.3, -0.25) is 0 Å². The van der Waals surface area contributed by atoms with Crippen LogP contribution in [0.5, 0.6) is 0 Å². The Kier molecular flexibility index (Phi) is 6.61. The summed E-state index contributed by atoms with van der Waals surface area (Å²) in [6.45, 7) is 5.97. The Morgan fingerprint density at radius 2 is 1.30 bits per heavy atom. The molecule has 2 nitrogen and oxygen atoms in total. The van der Waals surface area contributed by atoms with Crippen molar-refractivity contribution in [2.24, 2.45) is 0 Å². The number of hydrogen-bond donors (Lipinski definition) is 1. The van der Waals surface area contributed by atoms with Gasteiger partial charge >= 0.3 is 0 Å². The van der Waals surface area contributed by atoms with E-state index in [0.29, 0.717) is 5.92 Å². The lowest BCUT2D eigenvalue weighted by molar-refractivity contribution is 0.413. The van der Waals surface area contributed by atoms with Crippen LogP contribution in [-0.4, -0.2) is 10.0 Å². The van der Waals surface area contributed by atoms with Gasteiger partial charge in [0, 0.05) is 18.8 Å². The second-order valence-electron chi connectivity index (χ2n) is 7.03. The van der Waals surface area contributed by atoms with E-state index in [0.717, 1.165) is 23.9 Å². The van der Waals surface area contributed by atoms with Crippen LogP contribution in [0, 0.1) is 0 Å². The number of nitrogens with one attached hydrogen (secondary N) is 1. The first kappa shape index (κ1) is 19.1. The third-order valence-electron chi connectivity index (χ3n) is 4.55. The highest BCUT2D eigenvalue weighted by Crippen LogP contribution is 2.18. The highest BCUT2D eigenvalue weighted by atomic mass is 32.1. The first-order valence-corrected chi connectivity index (χ1v) is 9.76. The maximum atomic E-state index is 5.74. The Morgan fingerprint density at radius 1 is 0.778 bits per heavy atom. The van der Waals surface area contributed by atoms with E-state index in [2.05, 4.69) is 72.6 Å². The van der Waals surface area contributed by atoms with Crippen molar-refractivity contribution < 1.29 is 0 Å². The van der Waals surface area contributed by atoms with Crippen LogP contribution in [0.15, 0.2) is 84.9 Å². The molecule has 138 valence electrons. The Labute approximate surface area is 167 Å². The van der Waals surface area contributed by atoms with E-state index in [1.54, 1.807) is 0 Å². The maximum Gasteiger partial charge on any atom is 0.174 e. The molecule has 0 unspecified atom stereocenters. The van der Waals surface area contributed by atoms with Crippen molar-refractivity contribution >= 4 is 23.0 Å². The molecule has 0 aromatic heterocycles. The zero-order valence-electron chi connectivity index (χ0n) is 15.9. The lowest BCUT2D eigenvalue weighted by Gasteiger charge is -2.26. The van der Waals surface area contributed by atoms with Gasteiger partial charge in [-0.1, -0.05) is 86.6 Å². The third kappa shape index (κ3) is 5.66. The molecule has 0 aliphatic rings. The number of benzene rings is 3. The summed E-state index contributed by atoms with van der Waals surface area (Å²) in [5.41, 5.74) is 4.87. The summed E-state index contributed by atoms with van der Waals surface area (Å²) in [4.78, 5) is 2.21. The van der Waals surface area contributed by atoms with Crippen molar-refractivity contribution in [3.05, 3.63) is 102 Å². The summed E-state index contributed by atoms with van der Waals surface area (Å²) in [6.07, 6.45) is 0. The van der Waals surface area contributed by atoms with Crippen molar-refractivity contribution in [3.63, 3.8) is 0 Å². The molecule has 0 saturated carbocycles. The van der Waals surface area contributed by atoms with Gasteiger partial charge in [-0.05, 0) is 47.0 Å². The van der Waals surface area contributed by atoms with Gasteiger partial charge in [-0.25, -0.2) is 0 Å². The standard InChI is InChI=1S/C24H26N2S/c1-19(2)22-15-13-21(14-16-22)18-26(17-20-9-5-3-6-10-20)24(27)25-23-11-7-4-8-12-23/h3-16,19H,17-18H2,1-2H3,(H,25,27). The van der Waals surface area contributed by atoms with E-state index in [-0.39, 0.29) is 0 Å². The van der Waals surface area contributed by atoms with Gasteiger partial charge in [0.2, 0.25) is 0 Å². The van der Waals surface area contributed by atoms with Crippen LogP contribution in [0.1, 0.15) is 36.5 Å². The monoisotopic (exact) mass is 374 g/mol. The van der Waals surface area contributed by atoms with Crippen LogP contribution < -0.4 is 5.32 Å². The van der Waals surface area contributed by atoms with Crippen molar-refractivity contribution in [3.8, 4) is 0 Å². The molecule has 1 N–H and O–H groups in total. The molecule has 0 bridgehead atoms. The van der Waals surface area contributed by atoms with Gasteiger partial charge in [0.1, 0.15) is 0 Å². The number of nitrogens with zero attached hydrogens (tertiary/aromatic N) is 1. The second kappa shape index (κ2) is 9.33. The van der Waals surface area contributed by atoms with Crippen LogP contribution in [0.3, 0.4) is 0 Å². The van der Waals surface area contributed by atoms with Crippen molar-refractivity contribution in [1.82, 2.24) is 4.90 Å². The Balaban J connectivity index is 1.77. The van der Waals surface area contributed by atoms with Crippen LogP contribution in [0.4, 0.5) is 5.69 Å². The molecular formula is C24H26N2S. The van der Waals surface area contributed by atoms with Gasteiger partial charge in [-0.2, -0.15) is 0 Å². The van der Waals surface area contributed by atoms with Crippen molar-refractivity contribution in [1.29, 1.82) is 0 Å². The fourth-order valence-electron chi connectivity index (χ4n) is 2.96. The first-order valence-electron chi connectivity index (χ1n) is 9.35. The summed E-state index contributed by atoms with van der Waals surface area (Å²) in [5, 5.41) is 4.10. The molecule has 0 radical (unpaired) electrons. The number of para-hydroxylation sites is 1. The average Bonchev–Trinajstić information content (AvgIpc) is 2.69. The quantitative estimate of drug-likeness (QED) is 0.516. The number of rotatable bonds is 6. The predicted octanol–water partition coefficient (Wildman–Crippen LogP) is 6.21. The summed E-state index contributed by atoms with van der Waals surface area (Å²) in [7, 11) is 0. The molecule has 27 heavy (non-hydrogen) atoms. The molecule has 3 heteroatoms. The molecule has 0 saturated heterocycles. The highest BCUT2D eigenvalue weighted by Gasteiger charge is 2.12. The van der Waals surface area contributed by atoms with Crippen LogP contribution >= 0.6 is 12.2 Å². The zero-order chi connectivity index (χ0) is 19.1. The van der Waals surface area contributed by atoms with Crippen molar-refractivity contribution in [2.45, 2.75) is 32.9 Å². The van der Waals surface area contributed by atoms with E-state index >= 15 is 0 Å². The molecule has 0 aliphatic carbocycles. The van der Waals surface area contributed by atoms with E-state index in [1.165, 1.54) is 16.7 Å². The molecule has 3 aromatic rings. The van der Waals surface area contributed by atoms with Gasteiger partial charge < -0.3 is 10.2 Å². The van der Waals surface area contributed by atoms with Crippen LogP contribution in [-0.2, 0) is 13.1 Å². The normalized spacial score (nSPS) is 10.6. The minimum absolute atomic E-state index is 0.542. The largest absolute Gasteiger partial charge is 0.340 e. The van der Waals surface area contributed by atoms with E-state index in [4.69, 9.17) is 12.2 Å². The Morgan fingerprint density at radius 3 is 1.85 bits per heavy atom. The smallest absolute Gasteiger partial charge is 0.174 e. The SMILES string of the molecule is CC(C)c1ccc(CN(Cc2ccccc2)C(=S)Nc2ccccc2)cc1. The molecular weight excluding hydrogens is 348 g/mol. The topological polar surface area (TPSA) is 15.3 Å². The van der Waals surface area contributed by atoms with Crippen LogP contribution in [0.2, 0.25) is 0 Å². The van der Waals surface area contributed by atoms with Gasteiger partial charge in [0.15, 0.2) is 5.11 Å². The summed E-state index contributed by atoms with van der Waals surface area (Å²) in [6, 6.07) is 29.4. The molecule has 0 aliphatic heterocycles. The highest BCUT2D eigenvalue weighted by molar-refractivity contribution is 7.80. The van der Waals surface area contributed by atoms with E-state index in [9.17, 15) is 0 Å². The van der Waals surface area contributed by atoms with Crippen molar-refractivity contribution in [2.75, 3.05) is 5.32 Å². The maximum absolute atomic E-state index is 5.74. The number of anilines is 1. The summed E-state index contributed by atoms with van der Waals surface area (Å²) < 4.78 is 0. The Bertz CT molecular complexity index is 843. The average molecular weight is 375 g/mol. The van der Waals surface area contributed by atoms with Gasteiger partial charge in [-0.15, -0.1) is 0 Å². The van der Waals surface area contributed by atoms with E-state index < -0.39 is 0 Å². The molecule has 0 spiro atoms. The summed E-state index contributed by atoms with van der Waals surface area (Å²) >= 11 is 5.74.